The minimum atomic E-state index is -0.288. The number of rotatable bonds is 5. The maximum Gasteiger partial charge on any atom is 0.262 e. The van der Waals surface area contributed by atoms with E-state index in [0.29, 0.717) is 15.9 Å². The van der Waals surface area contributed by atoms with E-state index in [1.54, 1.807) is 18.3 Å². The summed E-state index contributed by atoms with van der Waals surface area (Å²) >= 11 is 1.40. The van der Waals surface area contributed by atoms with Crippen LogP contribution in [-0.2, 0) is 11.3 Å². The van der Waals surface area contributed by atoms with Crippen molar-refractivity contribution in [3.63, 3.8) is 0 Å². The fourth-order valence-electron chi connectivity index (χ4n) is 2.74. The third kappa shape index (κ3) is 4.05. The van der Waals surface area contributed by atoms with Crippen LogP contribution in [0.3, 0.4) is 0 Å². The Morgan fingerprint density at radius 1 is 1.11 bits per heavy atom. The number of hydrogen-bond donors (Lipinski definition) is 1. The van der Waals surface area contributed by atoms with E-state index < -0.39 is 0 Å². The molecule has 0 aliphatic rings. The van der Waals surface area contributed by atoms with E-state index in [-0.39, 0.29) is 18.0 Å². The first kappa shape index (κ1) is 17.8. The molecule has 0 radical (unpaired) electrons. The van der Waals surface area contributed by atoms with Crippen LogP contribution in [0.4, 0.5) is 5.69 Å². The third-order valence-electron chi connectivity index (χ3n) is 4.07. The largest absolute Gasteiger partial charge is 0.325 e. The summed E-state index contributed by atoms with van der Waals surface area (Å²) in [6.07, 6.45) is 6.98. The highest BCUT2D eigenvalue weighted by Gasteiger charge is 2.09. The van der Waals surface area contributed by atoms with Crippen LogP contribution < -0.4 is 10.9 Å². The highest BCUT2D eigenvalue weighted by molar-refractivity contribution is 7.16. The molecule has 1 amide bonds. The van der Waals surface area contributed by atoms with Gasteiger partial charge in [0.1, 0.15) is 11.4 Å². The normalized spacial score (nSPS) is 11.1. The van der Waals surface area contributed by atoms with Gasteiger partial charge in [0.2, 0.25) is 5.91 Å². The highest BCUT2D eigenvalue weighted by Crippen LogP contribution is 2.15. The Morgan fingerprint density at radius 3 is 2.89 bits per heavy atom. The van der Waals surface area contributed by atoms with Crippen LogP contribution in [0.2, 0.25) is 0 Å². The second-order valence-corrected chi connectivity index (χ2v) is 6.97. The lowest BCUT2D eigenvalue weighted by Crippen LogP contribution is -2.27. The topological polar surface area (TPSA) is 76.9 Å². The lowest BCUT2D eigenvalue weighted by atomic mass is 10.1. The molecule has 0 saturated carbocycles. The summed E-state index contributed by atoms with van der Waals surface area (Å²) in [6.45, 7) is -0.0916. The summed E-state index contributed by atoms with van der Waals surface area (Å²) in [4.78, 5) is 33.9. The molecule has 0 bridgehead atoms. The number of amides is 1. The number of benzene rings is 1. The zero-order valence-corrected chi connectivity index (χ0v) is 15.6. The Morgan fingerprint density at radius 2 is 2.04 bits per heavy atom. The Labute approximate surface area is 164 Å². The Hall–Kier alpha value is -3.58. The van der Waals surface area contributed by atoms with Gasteiger partial charge in [-0.3, -0.25) is 19.1 Å². The van der Waals surface area contributed by atoms with E-state index in [2.05, 4.69) is 15.3 Å². The minimum Gasteiger partial charge on any atom is -0.325 e. The van der Waals surface area contributed by atoms with Crippen LogP contribution in [0, 0.1) is 0 Å². The van der Waals surface area contributed by atoms with Crippen molar-refractivity contribution >= 4 is 45.3 Å². The standard InChI is InChI=1S/C21H16N4O2S/c26-19(13-25-14-23-20-18(21(25)27)9-11-28-20)24-17-6-3-4-15(12-17)7-8-16-5-1-2-10-22-16/h1-12,14H,13H2,(H,24,26). The van der Waals surface area contributed by atoms with Crippen molar-refractivity contribution in [2.45, 2.75) is 6.54 Å². The predicted molar refractivity (Wildman–Crippen MR) is 112 cm³/mol. The average Bonchev–Trinajstić information content (AvgIpc) is 3.19. The van der Waals surface area contributed by atoms with Gasteiger partial charge in [-0.2, -0.15) is 0 Å². The molecule has 4 rings (SSSR count). The van der Waals surface area contributed by atoms with Crippen molar-refractivity contribution in [2.24, 2.45) is 0 Å². The number of aromatic nitrogens is 3. The number of anilines is 1. The van der Waals surface area contributed by atoms with Gasteiger partial charge in [0, 0.05) is 11.9 Å². The number of fused-ring (bicyclic) bond motifs is 1. The molecule has 3 aromatic heterocycles. The van der Waals surface area contributed by atoms with Gasteiger partial charge in [-0.05, 0) is 47.4 Å². The Kier molecular flexibility index (Phi) is 5.07. The number of hydrogen-bond acceptors (Lipinski definition) is 5. The summed E-state index contributed by atoms with van der Waals surface area (Å²) in [7, 11) is 0. The second kappa shape index (κ2) is 7.98. The summed E-state index contributed by atoms with van der Waals surface area (Å²) in [5.41, 5.74) is 2.23. The number of carbonyl (C=O) groups is 1. The predicted octanol–water partition coefficient (Wildman–Crippen LogP) is 3.66. The van der Waals surface area contributed by atoms with Crippen molar-refractivity contribution in [1.82, 2.24) is 14.5 Å². The fourth-order valence-corrected chi connectivity index (χ4v) is 3.46. The summed E-state index contributed by atoms with van der Waals surface area (Å²) in [5.74, 6) is -0.288. The van der Waals surface area contributed by atoms with Gasteiger partial charge >= 0.3 is 0 Å². The molecule has 0 atom stereocenters. The molecular weight excluding hydrogens is 372 g/mol. The molecule has 28 heavy (non-hydrogen) atoms. The zero-order chi connectivity index (χ0) is 19.3. The van der Waals surface area contributed by atoms with Gasteiger partial charge in [-0.15, -0.1) is 11.3 Å². The first-order chi connectivity index (χ1) is 13.7. The van der Waals surface area contributed by atoms with Crippen LogP contribution in [0.5, 0.6) is 0 Å². The van der Waals surface area contributed by atoms with Crippen molar-refractivity contribution in [3.05, 3.63) is 88.0 Å². The average molecular weight is 388 g/mol. The molecular formula is C21H16N4O2S. The fraction of sp³-hybridized carbons (Fsp3) is 0.0476. The molecule has 4 aromatic rings. The molecule has 1 N–H and O–H groups in total. The van der Waals surface area contributed by atoms with Gasteiger partial charge in [0.15, 0.2) is 0 Å². The van der Waals surface area contributed by atoms with E-state index in [1.165, 1.54) is 22.2 Å². The molecule has 0 aliphatic heterocycles. The Bertz CT molecular complexity index is 1210. The molecule has 0 spiro atoms. The zero-order valence-electron chi connectivity index (χ0n) is 14.8. The van der Waals surface area contributed by atoms with Crippen molar-refractivity contribution in [1.29, 1.82) is 0 Å². The van der Waals surface area contributed by atoms with E-state index in [1.807, 2.05) is 53.9 Å². The number of carbonyl (C=O) groups excluding carboxylic acids is 1. The van der Waals surface area contributed by atoms with Crippen molar-refractivity contribution < 1.29 is 4.79 Å². The van der Waals surface area contributed by atoms with Gasteiger partial charge < -0.3 is 5.32 Å². The maximum atomic E-state index is 12.4. The van der Waals surface area contributed by atoms with E-state index in [9.17, 15) is 9.59 Å². The molecule has 0 aliphatic carbocycles. The quantitative estimate of drug-likeness (QED) is 0.566. The van der Waals surface area contributed by atoms with Gasteiger partial charge in [0.05, 0.1) is 17.4 Å². The monoisotopic (exact) mass is 388 g/mol. The molecule has 0 saturated heterocycles. The first-order valence-electron chi connectivity index (χ1n) is 8.61. The summed E-state index contributed by atoms with van der Waals surface area (Å²) < 4.78 is 1.31. The SMILES string of the molecule is O=C(Cn1cnc2sccc2c1=O)Nc1cccc(C=Cc2ccccn2)c1. The Balaban J connectivity index is 1.46. The molecule has 7 heteroatoms. The third-order valence-corrected chi connectivity index (χ3v) is 4.89. The maximum absolute atomic E-state index is 12.4. The second-order valence-electron chi connectivity index (χ2n) is 6.08. The van der Waals surface area contributed by atoms with Gasteiger partial charge in [-0.1, -0.05) is 24.3 Å². The number of nitrogens with zero attached hydrogens (tertiary/aromatic N) is 3. The van der Waals surface area contributed by atoms with E-state index in [4.69, 9.17) is 0 Å². The van der Waals surface area contributed by atoms with E-state index in [0.717, 1.165) is 11.3 Å². The van der Waals surface area contributed by atoms with Crippen molar-refractivity contribution in [3.8, 4) is 0 Å². The van der Waals surface area contributed by atoms with Crippen LogP contribution in [-0.4, -0.2) is 20.4 Å². The number of nitrogens with one attached hydrogen (secondary N) is 1. The first-order valence-corrected chi connectivity index (χ1v) is 9.49. The van der Waals surface area contributed by atoms with Crippen LogP contribution >= 0.6 is 11.3 Å². The molecule has 3 heterocycles. The lowest BCUT2D eigenvalue weighted by molar-refractivity contribution is -0.116. The van der Waals surface area contributed by atoms with Crippen LogP contribution in [0.1, 0.15) is 11.3 Å². The van der Waals surface area contributed by atoms with Crippen LogP contribution in [0.25, 0.3) is 22.4 Å². The van der Waals surface area contributed by atoms with E-state index >= 15 is 0 Å². The molecule has 0 unspecified atom stereocenters. The molecule has 6 nitrogen and oxygen atoms in total. The summed E-state index contributed by atoms with van der Waals surface area (Å²) in [6, 6.07) is 14.9. The molecule has 1 aromatic carbocycles. The van der Waals surface area contributed by atoms with Crippen LogP contribution in [0.15, 0.2) is 71.2 Å². The number of pyridine rings is 1. The minimum absolute atomic E-state index is 0.0916. The molecule has 138 valence electrons. The lowest BCUT2D eigenvalue weighted by Gasteiger charge is -2.08. The smallest absolute Gasteiger partial charge is 0.262 e. The van der Waals surface area contributed by atoms with Gasteiger partial charge in [-0.25, -0.2) is 4.98 Å². The number of thiophene rings is 1. The molecule has 0 fully saturated rings. The highest BCUT2D eigenvalue weighted by atomic mass is 32.1. The van der Waals surface area contributed by atoms with Crippen molar-refractivity contribution in [2.75, 3.05) is 5.32 Å². The summed E-state index contributed by atoms with van der Waals surface area (Å²) in [5, 5.41) is 5.17. The van der Waals surface area contributed by atoms with Gasteiger partial charge in [0.25, 0.3) is 5.56 Å².